The average Bonchev–Trinajstić information content (AvgIpc) is 3.30. The molecule has 3 rings (SSSR count). The summed E-state index contributed by atoms with van der Waals surface area (Å²) >= 11 is 0. The van der Waals surface area contributed by atoms with Crippen LogP contribution in [0.2, 0.25) is 0 Å². The first-order valence-corrected chi connectivity index (χ1v) is 11.6. The first-order valence-electron chi connectivity index (χ1n) is 11.6. The second kappa shape index (κ2) is 10.9. The zero-order valence-corrected chi connectivity index (χ0v) is 18.8. The molecule has 166 valence electrons. The minimum absolute atomic E-state index is 0.00946. The van der Waals surface area contributed by atoms with E-state index >= 15 is 0 Å². The third kappa shape index (κ3) is 5.52. The number of nitrogens with zero attached hydrogens (tertiary/aromatic N) is 2. The van der Waals surface area contributed by atoms with Crippen molar-refractivity contribution in [1.29, 1.82) is 5.26 Å². The molecule has 1 fully saturated rings. The van der Waals surface area contributed by atoms with Crippen LogP contribution in [0.5, 0.6) is 0 Å². The van der Waals surface area contributed by atoms with Gasteiger partial charge in [-0.3, -0.25) is 0 Å². The van der Waals surface area contributed by atoms with Gasteiger partial charge in [-0.05, 0) is 76.1 Å². The molecule has 0 aromatic heterocycles. The summed E-state index contributed by atoms with van der Waals surface area (Å²) in [5.41, 5.74) is 0.206. The third-order valence-electron chi connectivity index (χ3n) is 6.94. The maximum atomic E-state index is 14.8. The Morgan fingerprint density at radius 2 is 1.65 bits per heavy atom. The van der Waals surface area contributed by atoms with Crippen molar-refractivity contribution in [1.82, 2.24) is 4.90 Å². The van der Waals surface area contributed by atoms with Crippen molar-refractivity contribution in [2.45, 2.75) is 70.3 Å². The van der Waals surface area contributed by atoms with E-state index in [-0.39, 0.29) is 11.5 Å². The SMILES string of the molecule is CC(C)N(CCCC(C#N)(c1c(F)cccc1F)C1CCCC1)CCc1ccccc1. The van der Waals surface area contributed by atoms with E-state index in [4.69, 9.17) is 0 Å². The van der Waals surface area contributed by atoms with Crippen LogP contribution in [0.25, 0.3) is 0 Å². The van der Waals surface area contributed by atoms with Gasteiger partial charge in [0.2, 0.25) is 0 Å². The van der Waals surface area contributed by atoms with Crippen LogP contribution >= 0.6 is 0 Å². The number of halogens is 2. The summed E-state index contributed by atoms with van der Waals surface area (Å²) in [6, 6.07) is 17.2. The zero-order valence-electron chi connectivity index (χ0n) is 18.8. The Kier molecular flexibility index (Phi) is 8.21. The van der Waals surface area contributed by atoms with Gasteiger partial charge in [-0.2, -0.15) is 5.26 Å². The van der Waals surface area contributed by atoms with Gasteiger partial charge in [0.1, 0.15) is 11.6 Å². The molecule has 0 aliphatic heterocycles. The lowest BCUT2D eigenvalue weighted by Crippen LogP contribution is -2.38. The normalized spacial score (nSPS) is 16.5. The summed E-state index contributed by atoms with van der Waals surface area (Å²) < 4.78 is 29.6. The molecule has 0 bridgehead atoms. The van der Waals surface area contributed by atoms with Gasteiger partial charge in [0.05, 0.1) is 11.5 Å². The van der Waals surface area contributed by atoms with E-state index in [0.717, 1.165) is 51.6 Å². The highest BCUT2D eigenvalue weighted by Gasteiger charge is 2.45. The highest BCUT2D eigenvalue weighted by atomic mass is 19.1. The van der Waals surface area contributed by atoms with Crippen LogP contribution < -0.4 is 0 Å². The highest BCUT2D eigenvalue weighted by molar-refractivity contribution is 5.36. The molecule has 1 saturated carbocycles. The fourth-order valence-electron chi connectivity index (χ4n) is 5.19. The topological polar surface area (TPSA) is 27.0 Å². The van der Waals surface area contributed by atoms with Crippen molar-refractivity contribution in [2.75, 3.05) is 13.1 Å². The summed E-state index contributed by atoms with van der Waals surface area (Å²) in [4.78, 5) is 2.40. The largest absolute Gasteiger partial charge is 0.301 e. The van der Waals surface area contributed by atoms with Crippen LogP contribution in [0, 0.1) is 28.9 Å². The summed E-state index contributed by atoms with van der Waals surface area (Å²) in [6.07, 6.45) is 5.98. The van der Waals surface area contributed by atoms with Gasteiger partial charge in [0, 0.05) is 18.2 Å². The molecule has 1 atom stereocenters. The van der Waals surface area contributed by atoms with Crippen molar-refractivity contribution >= 4 is 0 Å². The summed E-state index contributed by atoms with van der Waals surface area (Å²) in [5, 5.41) is 10.3. The number of hydrogen-bond acceptors (Lipinski definition) is 2. The fourth-order valence-corrected chi connectivity index (χ4v) is 5.19. The zero-order chi connectivity index (χ0) is 22.3. The van der Waals surface area contributed by atoms with Gasteiger partial charge in [-0.15, -0.1) is 0 Å². The predicted octanol–water partition coefficient (Wildman–Crippen LogP) is 6.65. The van der Waals surface area contributed by atoms with Crippen LogP contribution in [0.15, 0.2) is 48.5 Å². The molecule has 1 aliphatic rings. The summed E-state index contributed by atoms with van der Waals surface area (Å²) in [7, 11) is 0. The van der Waals surface area contributed by atoms with Gasteiger partial charge in [-0.1, -0.05) is 49.2 Å². The Labute approximate surface area is 185 Å². The van der Waals surface area contributed by atoms with Crippen molar-refractivity contribution < 1.29 is 8.78 Å². The van der Waals surface area contributed by atoms with Crippen molar-refractivity contribution in [3.8, 4) is 6.07 Å². The molecule has 0 heterocycles. The van der Waals surface area contributed by atoms with Crippen LogP contribution in [0.1, 0.15) is 63.5 Å². The van der Waals surface area contributed by atoms with Crippen LogP contribution in [-0.4, -0.2) is 24.0 Å². The smallest absolute Gasteiger partial charge is 0.130 e. The van der Waals surface area contributed by atoms with Crippen LogP contribution in [-0.2, 0) is 11.8 Å². The first-order chi connectivity index (χ1) is 15.0. The van der Waals surface area contributed by atoms with Crippen molar-refractivity contribution in [3.05, 3.63) is 71.3 Å². The molecular weight excluding hydrogens is 390 g/mol. The molecule has 0 radical (unpaired) electrons. The third-order valence-corrected chi connectivity index (χ3v) is 6.94. The minimum Gasteiger partial charge on any atom is -0.301 e. The molecular formula is C27H34F2N2. The van der Waals surface area contributed by atoms with E-state index in [1.807, 2.05) is 6.07 Å². The van der Waals surface area contributed by atoms with E-state index in [1.165, 1.54) is 23.8 Å². The number of benzene rings is 2. The van der Waals surface area contributed by atoms with Crippen molar-refractivity contribution in [2.24, 2.45) is 5.92 Å². The molecule has 31 heavy (non-hydrogen) atoms. The molecule has 0 N–H and O–H groups in total. The lowest BCUT2D eigenvalue weighted by Gasteiger charge is -2.35. The highest BCUT2D eigenvalue weighted by Crippen LogP contribution is 2.46. The molecule has 1 unspecified atom stereocenters. The molecule has 0 saturated heterocycles. The lowest BCUT2D eigenvalue weighted by atomic mass is 9.67. The molecule has 0 amide bonds. The second-order valence-corrected chi connectivity index (χ2v) is 9.13. The van der Waals surface area contributed by atoms with E-state index in [9.17, 15) is 14.0 Å². The standard InChI is InChI=1S/C27H34F2N2/c1-21(2)31(19-16-22-10-4-3-5-11-22)18-9-17-27(20-30,23-12-6-7-13-23)26-24(28)14-8-15-25(26)29/h3-5,8,10-11,14-15,21,23H,6-7,9,12-13,16-19H2,1-2H3. The van der Waals surface area contributed by atoms with E-state index in [2.05, 4.69) is 49.1 Å². The van der Waals surface area contributed by atoms with Gasteiger partial charge in [0.25, 0.3) is 0 Å². The van der Waals surface area contributed by atoms with Crippen LogP contribution in [0.4, 0.5) is 8.78 Å². The number of nitriles is 1. The van der Waals surface area contributed by atoms with Crippen molar-refractivity contribution in [3.63, 3.8) is 0 Å². The number of hydrogen-bond donors (Lipinski definition) is 0. The first kappa shape index (κ1) is 23.4. The predicted molar refractivity (Wildman–Crippen MR) is 122 cm³/mol. The Morgan fingerprint density at radius 3 is 2.23 bits per heavy atom. The van der Waals surface area contributed by atoms with E-state index in [1.54, 1.807) is 0 Å². The van der Waals surface area contributed by atoms with E-state index in [0.29, 0.717) is 12.5 Å². The summed E-state index contributed by atoms with van der Waals surface area (Å²) in [6.45, 7) is 6.10. The molecule has 2 nitrogen and oxygen atoms in total. The van der Waals surface area contributed by atoms with Gasteiger partial charge >= 0.3 is 0 Å². The fraction of sp³-hybridized carbons (Fsp3) is 0.519. The average molecular weight is 425 g/mol. The monoisotopic (exact) mass is 424 g/mol. The Balaban J connectivity index is 1.74. The van der Waals surface area contributed by atoms with E-state index < -0.39 is 17.0 Å². The van der Waals surface area contributed by atoms with Gasteiger partial charge in [0.15, 0.2) is 0 Å². The lowest BCUT2D eigenvalue weighted by molar-refractivity contribution is 0.205. The quantitative estimate of drug-likeness (QED) is 0.427. The van der Waals surface area contributed by atoms with Gasteiger partial charge in [-0.25, -0.2) is 8.78 Å². The second-order valence-electron chi connectivity index (χ2n) is 9.13. The molecule has 4 heteroatoms. The summed E-state index contributed by atoms with van der Waals surface area (Å²) in [5.74, 6) is -1.16. The Morgan fingerprint density at radius 1 is 1.00 bits per heavy atom. The number of rotatable bonds is 10. The molecule has 0 spiro atoms. The molecule has 2 aromatic rings. The maximum absolute atomic E-state index is 14.8. The van der Waals surface area contributed by atoms with Gasteiger partial charge < -0.3 is 4.90 Å². The Bertz CT molecular complexity index is 848. The maximum Gasteiger partial charge on any atom is 0.130 e. The molecule has 1 aliphatic carbocycles. The Hall–Kier alpha value is -2.25. The minimum atomic E-state index is -1.09. The molecule has 2 aromatic carbocycles. The van der Waals surface area contributed by atoms with Crippen LogP contribution in [0.3, 0.4) is 0 Å².